The number of ether oxygens (including phenoxy) is 1. The maximum atomic E-state index is 10.5. The fraction of sp³-hybridized carbons (Fsp3) is 0.250. The smallest absolute Gasteiger partial charge is 0.313 e. The highest BCUT2D eigenvalue weighted by molar-refractivity contribution is 7.99. The van der Waals surface area contributed by atoms with E-state index < -0.39 is 5.97 Å². The van der Waals surface area contributed by atoms with Crippen molar-refractivity contribution in [1.29, 1.82) is 0 Å². The molecule has 2 aromatic rings. The van der Waals surface area contributed by atoms with Crippen molar-refractivity contribution in [3.63, 3.8) is 0 Å². The molecular formula is C12H13N3O3S. The highest BCUT2D eigenvalue weighted by Crippen LogP contribution is 2.16. The molecule has 1 aromatic heterocycles. The second-order valence-electron chi connectivity index (χ2n) is 3.74. The molecule has 0 saturated heterocycles. The summed E-state index contributed by atoms with van der Waals surface area (Å²) in [6.45, 7) is 0.293. The van der Waals surface area contributed by atoms with Gasteiger partial charge in [-0.05, 0) is 12.1 Å². The van der Waals surface area contributed by atoms with Crippen molar-refractivity contribution in [2.24, 2.45) is 7.05 Å². The maximum Gasteiger partial charge on any atom is 0.313 e. The average molecular weight is 279 g/mol. The Kier molecular flexibility index (Phi) is 4.40. The lowest BCUT2D eigenvalue weighted by Gasteiger charge is -2.05. The number of aliphatic carboxylic acids is 1. The van der Waals surface area contributed by atoms with Crippen LogP contribution in [-0.4, -0.2) is 31.6 Å². The average Bonchev–Trinajstić information content (AvgIpc) is 2.76. The van der Waals surface area contributed by atoms with E-state index in [0.717, 1.165) is 17.5 Å². The molecule has 0 radical (unpaired) electrons. The van der Waals surface area contributed by atoms with Crippen LogP contribution in [0.2, 0.25) is 0 Å². The van der Waals surface area contributed by atoms with Crippen LogP contribution in [0.25, 0.3) is 0 Å². The molecule has 1 aromatic carbocycles. The molecule has 0 spiro atoms. The lowest BCUT2D eigenvalue weighted by atomic mass is 10.3. The molecular weight excluding hydrogens is 266 g/mol. The van der Waals surface area contributed by atoms with Gasteiger partial charge in [-0.1, -0.05) is 30.0 Å². The number of carboxylic acids is 1. The van der Waals surface area contributed by atoms with Gasteiger partial charge in [-0.2, -0.15) is 0 Å². The van der Waals surface area contributed by atoms with Crippen molar-refractivity contribution in [1.82, 2.24) is 14.8 Å². The van der Waals surface area contributed by atoms with Crippen molar-refractivity contribution in [2.45, 2.75) is 11.8 Å². The third kappa shape index (κ3) is 3.72. The van der Waals surface area contributed by atoms with E-state index in [4.69, 9.17) is 9.84 Å². The summed E-state index contributed by atoms with van der Waals surface area (Å²) in [6, 6.07) is 9.41. The summed E-state index contributed by atoms with van der Waals surface area (Å²) < 4.78 is 7.30. The fourth-order valence-corrected chi connectivity index (χ4v) is 2.04. The van der Waals surface area contributed by atoms with Gasteiger partial charge in [0.15, 0.2) is 11.0 Å². The van der Waals surface area contributed by atoms with Crippen LogP contribution in [0.3, 0.4) is 0 Å². The number of hydrogen-bond acceptors (Lipinski definition) is 5. The summed E-state index contributed by atoms with van der Waals surface area (Å²) in [7, 11) is 1.79. The molecule has 7 heteroatoms. The van der Waals surface area contributed by atoms with Crippen LogP contribution in [0.4, 0.5) is 0 Å². The Bertz CT molecular complexity index is 557. The number of para-hydroxylation sites is 1. The van der Waals surface area contributed by atoms with Crippen molar-refractivity contribution < 1.29 is 14.6 Å². The Morgan fingerprint density at radius 3 is 2.79 bits per heavy atom. The van der Waals surface area contributed by atoms with E-state index in [1.54, 1.807) is 11.6 Å². The summed E-state index contributed by atoms with van der Waals surface area (Å²) in [5.74, 6) is 0.489. The van der Waals surface area contributed by atoms with Gasteiger partial charge < -0.3 is 14.4 Å². The minimum Gasteiger partial charge on any atom is -0.486 e. The summed E-state index contributed by atoms with van der Waals surface area (Å²) in [5, 5.41) is 17.1. The summed E-state index contributed by atoms with van der Waals surface area (Å²) >= 11 is 1.13. The molecule has 2 rings (SSSR count). The number of hydrogen-bond donors (Lipinski definition) is 1. The lowest BCUT2D eigenvalue weighted by Crippen LogP contribution is -2.05. The Balaban J connectivity index is 1.96. The first-order chi connectivity index (χ1) is 9.16. The van der Waals surface area contributed by atoms with Gasteiger partial charge in [-0.15, -0.1) is 10.2 Å². The second-order valence-corrected chi connectivity index (χ2v) is 4.68. The van der Waals surface area contributed by atoms with Gasteiger partial charge in [-0.3, -0.25) is 4.79 Å². The van der Waals surface area contributed by atoms with Gasteiger partial charge in [0.05, 0.1) is 5.75 Å². The monoisotopic (exact) mass is 279 g/mol. The van der Waals surface area contributed by atoms with Crippen LogP contribution in [-0.2, 0) is 18.4 Å². The zero-order valence-corrected chi connectivity index (χ0v) is 11.1. The topological polar surface area (TPSA) is 77.2 Å². The molecule has 0 bridgehead atoms. The zero-order chi connectivity index (χ0) is 13.7. The quantitative estimate of drug-likeness (QED) is 0.809. The maximum absolute atomic E-state index is 10.5. The van der Waals surface area contributed by atoms with Crippen LogP contribution in [0.5, 0.6) is 5.75 Å². The van der Waals surface area contributed by atoms with Crippen molar-refractivity contribution >= 4 is 17.7 Å². The first-order valence-corrected chi connectivity index (χ1v) is 6.56. The van der Waals surface area contributed by atoms with E-state index in [0.29, 0.717) is 17.6 Å². The fourth-order valence-electron chi connectivity index (χ4n) is 1.39. The first kappa shape index (κ1) is 13.4. The molecule has 0 aliphatic rings. The molecule has 0 aliphatic carbocycles. The van der Waals surface area contributed by atoms with Gasteiger partial charge >= 0.3 is 5.97 Å². The molecule has 0 atom stereocenters. The Morgan fingerprint density at radius 1 is 1.37 bits per heavy atom. The number of carboxylic acid groups (broad SMARTS) is 1. The van der Waals surface area contributed by atoms with Crippen LogP contribution in [0.1, 0.15) is 5.82 Å². The van der Waals surface area contributed by atoms with E-state index in [2.05, 4.69) is 10.2 Å². The minimum absolute atomic E-state index is 0.0362. The van der Waals surface area contributed by atoms with Crippen LogP contribution in [0, 0.1) is 0 Å². The third-order valence-electron chi connectivity index (χ3n) is 2.36. The number of nitrogens with zero attached hydrogens (tertiary/aromatic N) is 3. The molecule has 19 heavy (non-hydrogen) atoms. The molecule has 1 heterocycles. The second kappa shape index (κ2) is 6.24. The van der Waals surface area contributed by atoms with E-state index in [1.807, 2.05) is 30.3 Å². The zero-order valence-electron chi connectivity index (χ0n) is 10.3. The lowest BCUT2D eigenvalue weighted by molar-refractivity contribution is -0.133. The highest BCUT2D eigenvalue weighted by atomic mass is 32.2. The highest BCUT2D eigenvalue weighted by Gasteiger charge is 2.11. The van der Waals surface area contributed by atoms with Gasteiger partial charge in [-0.25, -0.2) is 0 Å². The molecule has 0 aliphatic heterocycles. The van der Waals surface area contributed by atoms with Crippen LogP contribution in [0.15, 0.2) is 35.5 Å². The Hall–Kier alpha value is -2.02. The normalized spacial score (nSPS) is 10.4. The van der Waals surface area contributed by atoms with E-state index in [-0.39, 0.29) is 5.75 Å². The molecule has 6 nitrogen and oxygen atoms in total. The molecule has 0 unspecified atom stereocenters. The summed E-state index contributed by atoms with van der Waals surface area (Å²) in [5.41, 5.74) is 0. The van der Waals surface area contributed by atoms with Crippen molar-refractivity contribution in [3.05, 3.63) is 36.2 Å². The molecule has 1 N–H and O–H groups in total. The number of aromatic nitrogens is 3. The van der Waals surface area contributed by atoms with Crippen molar-refractivity contribution in [3.8, 4) is 5.75 Å². The van der Waals surface area contributed by atoms with Gasteiger partial charge in [0.25, 0.3) is 0 Å². The van der Waals surface area contributed by atoms with Crippen LogP contribution < -0.4 is 4.74 Å². The largest absolute Gasteiger partial charge is 0.486 e. The van der Waals surface area contributed by atoms with Gasteiger partial charge in [0, 0.05) is 7.05 Å². The van der Waals surface area contributed by atoms with Gasteiger partial charge in [0.2, 0.25) is 0 Å². The molecule has 0 fully saturated rings. The predicted molar refractivity (Wildman–Crippen MR) is 70.1 cm³/mol. The SMILES string of the molecule is Cn1c(COc2ccccc2)nnc1SCC(=O)O. The standard InChI is InChI=1S/C12H13N3O3S/c1-15-10(7-18-9-5-3-2-4-6-9)13-14-12(15)19-8-11(16)17/h2-6H,7-8H2,1H3,(H,16,17). The summed E-state index contributed by atoms with van der Waals surface area (Å²) in [6.07, 6.45) is 0. The minimum atomic E-state index is -0.880. The molecule has 0 saturated carbocycles. The van der Waals surface area contributed by atoms with Crippen molar-refractivity contribution in [2.75, 3.05) is 5.75 Å². The number of carbonyl (C=O) groups is 1. The third-order valence-corrected chi connectivity index (χ3v) is 3.37. The number of benzene rings is 1. The Morgan fingerprint density at radius 2 is 2.11 bits per heavy atom. The molecule has 100 valence electrons. The van der Waals surface area contributed by atoms with Crippen LogP contribution >= 0.6 is 11.8 Å². The van der Waals surface area contributed by atoms with E-state index in [1.165, 1.54) is 0 Å². The number of rotatable bonds is 6. The Labute approximate surface area is 114 Å². The van der Waals surface area contributed by atoms with E-state index in [9.17, 15) is 4.79 Å². The molecule has 0 amide bonds. The number of thioether (sulfide) groups is 1. The predicted octanol–water partition coefficient (Wildman–Crippen LogP) is 1.57. The first-order valence-electron chi connectivity index (χ1n) is 5.57. The summed E-state index contributed by atoms with van der Waals surface area (Å²) in [4.78, 5) is 10.5. The van der Waals surface area contributed by atoms with E-state index >= 15 is 0 Å². The van der Waals surface area contributed by atoms with Gasteiger partial charge in [0.1, 0.15) is 12.4 Å².